The van der Waals surface area contributed by atoms with E-state index < -0.39 is 48.5 Å². The summed E-state index contributed by atoms with van der Waals surface area (Å²) in [4.78, 5) is 22.1. The molecule has 2 saturated carbocycles. The highest BCUT2D eigenvalue weighted by atomic mass is 32.2. The van der Waals surface area contributed by atoms with Gasteiger partial charge in [0.15, 0.2) is 10.0 Å². The van der Waals surface area contributed by atoms with Crippen LogP contribution < -0.4 is 5.11 Å². The first-order chi connectivity index (χ1) is 16.7. The van der Waals surface area contributed by atoms with Crippen LogP contribution in [-0.4, -0.2) is 56.1 Å². The number of hydrogen-bond acceptors (Lipinski definition) is 8. The van der Waals surface area contributed by atoms with Gasteiger partial charge in [0.1, 0.15) is 5.78 Å². The first-order valence-electron chi connectivity index (χ1n) is 11.2. The number of rotatable bonds is 7. The number of sulfonamides is 1. The van der Waals surface area contributed by atoms with Gasteiger partial charge in [-0.05, 0) is 30.2 Å². The highest BCUT2D eigenvalue weighted by Crippen LogP contribution is 2.64. The van der Waals surface area contributed by atoms with Gasteiger partial charge in [0.05, 0.1) is 21.4 Å². The van der Waals surface area contributed by atoms with Gasteiger partial charge in [0.2, 0.25) is 0 Å². The molecule has 15 heteroatoms. The van der Waals surface area contributed by atoms with E-state index in [1.807, 2.05) is 13.8 Å². The zero-order valence-corrected chi connectivity index (χ0v) is 22.1. The van der Waals surface area contributed by atoms with E-state index in [2.05, 4.69) is 4.72 Å². The summed E-state index contributed by atoms with van der Waals surface area (Å²) in [5.74, 6) is -1.90. The van der Waals surface area contributed by atoms with E-state index in [0.717, 1.165) is 6.42 Å². The number of carboxylic acids is 1. The fourth-order valence-electron chi connectivity index (χ4n) is 4.47. The molecule has 2 unspecified atom stereocenters. The maximum absolute atomic E-state index is 11.8. The quantitative estimate of drug-likeness (QED) is 0.378. The summed E-state index contributed by atoms with van der Waals surface area (Å²) in [7, 11) is -9.57. The molecule has 212 valence electrons. The van der Waals surface area contributed by atoms with Crippen LogP contribution in [0.25, 0.3) is 4.72 Å². The molecule has 2 fully saturated rings. The van der Waals surface area contributed by atoms with Crippen molar-refractivity contribution >= 4 is 31.9 Å². The summed E-state index contributed by atoms with van der Waals surface area (Å²) in [5, 5.41) is 19.0. The maximum Gasteiger partial charge on any atom is 0.480 e. The molecular weight excluding hydrogens is 543 g/mol. The Morgan fingerprint density at radius 3 is 2.11 bits per heavy atom. The summed E-state index contributed by atoms with van der Waals surface area (Å²) in [6.07, 6.45) is 2.83. The molecule has 3 rings (SSSR count). The van der Waals surface area contributed by atoms with Crippen LogP contribution in [0.15, 0.2) is 24.3 Å². The van der Waals surface area contributed by atoms with Crippen LogP contribution in [0, 0.1) is 16.7 Å². The van der Waals surface area contributed by atoms with Gasteiger partial charge >= 0.3 is 11.5 Å². The minimum absolute atomic E-state index is 0.0248. The third-order valence-corrected chi connectivity index (χ3v) is 8.70. The number of ketones is 1. The minimum Gasteiger partial charge on any atom is -0.872 e. The number of aromatic carboxylic acids is 1. The molecule has 0 saturated heterocycles. The molecule has 0 heterocycles. The molecule has 2 atom stereocenters. The van der Waals surface area contributed by atoms with Crippen molar-refractivity contribution in [3.05, 3.63) is 34.6 Å². The lowest BCUT2D eigenvalue weighted by atomic mass is 9.70. The number of halogens is 3. The van der Waals surface area contributed by atoms with Crippen LogP contribution in [0.5, 0.6) is 5.75 Å². The molecule has 0 radical (unpaired) electrons. The molecule has 2 aliphatic carbocycles. The summed E-state index contributed by atoms with van der Waals surface area (Å²) < 4.78 is 90.5. The number of unbranched alkanes of at least 4 members (excludes halogenated alkanes) is 1. The number of alkyl halides is 3. The Bertz CT molecular complexity index is 1180. The van der Waals surface area contributed by atoms with Gasteiger partial charge in [-0.25, -0.2) is 21.6 Å². The van der Waals surface area contributed by atoms with Gasteiger partial charge in [-0.15, -0.1) is 6.54 Å². The van der Waals surface area contributed by atoms with Crippen LogP contribution in [0.4, 0.5) is 13.2 Å². The number of benzene rings is 1. The average Bonchev–Trinajstić information content (AvgIpc) is 3.07. The normalized spacial score (nSPS) is 22.5. The largest absolute Gasteiger partial charge is 0.872 e. The molecule has 0 amide bonds. The number of hydrogen-bond donors (Lipinski definition) is 1. The van der Waals surface area contributed by atoms with Gasteiger partial charge in [-0.1, -0.05) is 57.6 Å². The second kappa shape index (κ2) is 12.1. The van der Waals surface area contributed by atoms with Crippen molar-refractivity contribution in [3.63, 3.8) is 0 Å². The fraction of sp³-hybridized carbons (Fsp3) is 0.636. The predicted octanol–water partition coefficient (Wildman–Crippen LogP) is 3.40. The topological polar surface area (TPSA) is 183 Å². The van der Waals surface area contributed by atoms with Gasteiger partial charge in [-0.2, -0.15) is 13.2 Å². The van der Waals surface area contributed by atoms with Gasteiger partial charge < -0.3 is 19.5 Å². The minimum atomic E-state index is -5.25. The monoisotopic (exact) mass is 572 g/mol. The molecule has 0 spiro atoms. The Labute approximate surface area is 214 Å². The van der Waals surface area contributed by atoms with E-state index in [1.54, 1.807) is 6.92 Å². The molecule has 1 N–H and O–H groups in total. The van der Waals surface area contributed by atoms with Crippen molar-refractivity contribution in [2.45, 2.75) is 58.4 Å². The first kappa shape index (κ1) is 32.8. The van der Waals surface area contributed by atoms with Crippen molar-refractivity contribution in [1.82, 2.24) is 0 Å². The van der Waals surface area contributed by atoms with Crippen LogP contribution in [0.1, 0.15) is 63.2 Å². The second-order valence-electron chi connectivity index (χ2n) is 9.30. The van der Waals surface area contributed by atoms with Gasteiger partial charge in [0, 0.05) is 11.8 Å². The number of fused-ring (bicyclic) bond motifs is 2. The lowest BCUT2D eigenvalue weighted by molar-refractivity contribution is -0.268. The first-order valence-corrected chi connectivity index (χ1v) is 14.2. The highest BCUT2D eigenvalue weighted by Gasteiger charge is 2.64. The number of para-hydroxylation sites is 1. The number of Topliss-reactive ketones (excluding diaryl/α,β-unsaturated/α-hetero) is 1. The summed E-state index contributed by atoms with van der Waals surface area (Å²) in [6, 6.07) is 5.54. The molecule has 2 aliphatic rings. The predicted molar refractivity (Wildman–Crippen MR) is 124 cm³/mol. The summed E-state index contributed by atoms with van der Waals surface area (Å²) in [6.45, 7) is 5.27. The smallest absolute Gasteiger partial charge is 0.480 e. The van der Waals surface area contributed by atoms with E-state index >= 15 is 0 Å². The molecule has 37 heavy (non-hydrogen) atoms. The molecule has 0 aromatic heterocycles. The van der Waals surface area contributed by atoms with Crippen molar-refractivity contribution in [1.29, 1.82) is 0 Å². The summed E-state index contributed by atoms with van der Waals surface area (Å²) >= 11 is 0. The van der Waals surface area contributed by atoms with E-state index in [4.69, 9.17) is 5.11 Å². The number of nitrogens with zero attached hydrogens (tertiary/aromatic N) is 1. The van der Waals surface area contributed by atoms with Crippen LogP contribution in [0.3, 0.4) is 0 Å². The standard InChI is InChI=1S/C10H16O4S.C7H6O3.C5H9F3NO2S/c1-9(2)7-3-4-10(9,8(11)5-7)6-15(12,13)14;8-6-4-2-1-3-5(6)7(9)10;1-2-3-4-9-12(10,11)5(6,7)8/h7H,3-6H2,1-2H3,(H,12,13,14);1-4,8H,(H,9,10);2-4H2,1H3/q;;-1/p-2. The Hall–Kier alpha value is -2.23. The molecule has 1 aromatic rings. The van der Waals surface area contributed by atoms with E-state index in [-0.39, 0.29) is 29.2 Å². The second-order valence-corrected chi connectivity index (χ2v) is 12.4. The van der Waals surface area contributed by atoms with Crippen molar-refractivity contribution in [2.75, 3.05) is 12.3 Å². The third-order valence-electron chi connectivity index (χ3n) is 6.75. The average molecular weight is 573 g/mol. The molecule has 2 bridgehead atoms. The van der Waals surface area contributed by atoms with Crippen molar-refractivity contribution < 1.29 is 54.4 Å². The van der Waals surface area contributed by atoms with E-state index in [1.165, 1.54) is 24.3 Å². The Morgan fingerprint density at radius 2 is 1.76 bits per heavy atom. The molecule has 10 nitrogen and oxygen atoms in total. The number of carbonyl (C=O) groups is 2. The Morgan fingerprint density at radius 1 is 1.19 bits per heavy atom. The van der Waals surface area contributed by atoms with Gasteiger partial charge in [-0.3, -0.25) is 4.79 Å². The lowest BCUT2D eigenvalue weighted by Gasteiger charge is -2.37. The molecule has 0 aliphatic heterocycles. The van der Waals surface area contributed by atoms with Crippen molar-refractivity contribution in [2.24, 2.45) is 16.7 Å². The van der Waals surface area contributed by atoms with Crippen LogP contribution in [-0.2, 0) is 24.9 Å². The summed E-state index contributed by atoms with van der Waals surface area (Å²) in [5.41, 5.74) is -6.65. The third kappa shape index (κ3) is 8.12. The highest BCUT2D eigenvalue weighted by molar-refractivity contribution is 7.94. The van der Waals surface area contributed by atoms with Crippen LogP contribution in [0.2, 0.25) is 0 Å². The lowest BCUT2D eigenvalue weighted by Crippen LogP contribution is -2.42. The van der Waals surface area contributed by atoms with E-state index in [9.17, 15) is 49.3 Å². The maximum atomic E-state index is 11.8. The van der Waals surface area contributed by atoms with Crippen molar-refractivity contribution in [3.8, 4) is 5.75 Å². The zero-order chi connectivity index (χ0) is 28.9. The Balaban J connectivity index is 0.000000284. The van der Waals surface area contributed by atoms with E-state index in [0.29, 0.717) is 25.7 Å². The SMILES string of the molecule is CC1(C)C2CCC1(CS(=O)(=O)[O-])C(=O)C2.CCCC[N-]S(=O)(=O)C(F)(F)F.O=C(O)c1ccccc1[O-]. The fourth-order valence-corrected chi connectivity index (χ4v) is 6.27. The molecule has 1 aromatic carbocycles. The number of carboxylic acid groups (broad SMARTS) is 1. The van der Waals surface area contributed by atoms with Gasteiger partial charge in [0.25, 0.3) is 0 Å². The number of carbonyl (C=O) groups excluding carboxylic acids is 1. The zero-order valence-electron chi connectivity index (χ0n) is 20.4. The molecular formula is C22H29F3NO9S2-3. The van der Waals surface area contributed by atoms with Crippen LogP contribution >= 0.6 is 0 Å². The Kier molecular flexibility index (Phi) is 10.7.